The van der Waals surface area contributed by atoms with Crippen LogP contribution in [0.3, 0.4) is 0 Å². The SMILES string of the molecule is Cc1cc(Br)c(O)c(CCC=O)c1C. The lowest BCUT2D eigenvalue weighted by molar-refractivity contribution is -0.107. The Morgan fingerprint density at radius 3 is 2.71 bits per heavy atom. The molecular weight excluding hydrogens is 244 g/mol. The molecule has 1 rings (SSSR count). The van der Waals surface area contributed by atoms with Crippen LogP contribution < -0.4 is 0 Å². The van der Waals surface area contributed by atoms with Crippen molar-refractivity contribution in [3.63, 3.8) is 0 Å². The van der Waals surface area contributed by atoms with Gasteiger partial charge in [0.25, 0.3) is 0 Å². The highest BCUT2D eigenvalue weighted by atomic mass is 79.9. The molecule has 0 aromatic heterocycles. The zero-order valence-electron chi connectivity index (χ0n) is 8.30. The summed E-state index contributed by atoms with van der Waals surface area (Å²) in [5.74, 6) is 0.259. The topological polar surface area (TPSA) is 37.3 Å². The number of hydrogen-bond donors (Lipinski definition) is 1. The third-order valence-electron chi connectivity index (χ3n) is 2.41. The average Bonchev–Trinajstić information content (AvgIpc) is 2.15. The van der Waals surface area contributed by atoms with Crippen LogP contribution in [0.15, 0.2) is 10.5 Å². The largest absolute Gasteiger partial charge is 0.506 e. The Balaban J connectivity index is 3.17. The summed E-state index contributed by atoms with van der Waals surface area (Å²) in [6.45, 7) is 3.95. The van der Waals surface area contributed by atoms with Gasteiger partial charge in [-0.2, -0.15) is 0 Å². The number of aromatic hydroxyl groups is 1. The molecule has 76 valence electrons. The molecule has 0 amide bonds. The van der Waals surface area contributed by atoms with Gasteiger partial charge in [0.05, 0.1) is 4.47 Å². The van der Waals surface area contributed by atoms with Crippen molar-refractivity contribution in [2.45, 2.75) is 26.7 Å². The summed E-state index contributed by atoms with van der Waals surface area (Å²) in [5, 5.41) is 9.77. The van der Waals surface area contributed by atoms with Crippen LogP contribution in [0, 0.1) is 13.8 Å². The quantitative estimate of drug-likeness (QED) is 0.845. The maximum atomic E-state index is 10.3. The van der Waals surface area contributed by atoms with E-state index in [1.807, 2.05) is 19.9 Å². The van der Waals surface area contributed by atoms with Gasteiger partial charge < -0.3 is 9.90 Å². The van der Waals surface area contributed by atoms with E-state index in [0.29, 0.717) is 17.3 Å². The van der Waals surface area contributed by atoms with Crippen molar-refractivity contribution >= 4 is 22.2 Å². The van der Waals surface area contributed by atoms with Gasteiger partial charge in [-0.3, -0.25) is 0 Å². The third kappa shape index (κ3) is 2.15. The Labute approximate surface area is 92.1 Å². The molecule has 2 nitrogen and oxygen atoms in total. The molecule has 1 N–H and O–H groups in total. The predicted molar refractivity (Wildman–Crippen MR) is 59.7 cm³/mol. The first-order chi connectivity index (χ1) is 6.57. The summed E-state index contributed by atoms with van der Waals surface area (Å²) in [6, 6.07) is 1.88. The number of carbonyl (C=O) groups excluding carboxylic acids is 1. The van der Waals surface area contributed by atoms with Gasteiger partial charge >= 0.3 is 0 Å². The smallest absolute Gasteiger partial charge is 0.133 e. The first-order valence-corrected chi connectivity index (χ1v) is 5.28. The summed E-state index contributed by atoms with van der Waals surface area (Å²) in [6.07, 6.45) is 1.92. The Morgan fingerprint density at radius 1 is 1.50 bits per heavy atom. The van der Waals surface area contributed by atoms with Crippen LogP contribution in [0.2, 0.25) is 0 Å². The lowest BCUT2D eigenvalue weighted by Crippen LogP contribution is -1.95. The second-order valence-corrected chi connectivity index (χ2v) is 4.19. The lowest BCUT2D eigenvalue weighted by Gasteiger charge is -2.11. The van der Waals surface area contributed by atoms with E-state index in [4.69, 9.17) is 0 Å². The van der Waals surface area contributed by atoms with Crippen LogP contribution in [-0.2, 0) is 11.2 Å². The fraction of sp³-hybridized carbons (Fsp3) is 0.364. The Kier molecular flexibility index (Phi) is 3.69. The van der Waals surface area contributed by atoms with Crippen LogP contribution in [0.4, 0.5) is 0 Å². The molecule has 1 aromatic rings. The molecule has 0 heterocycles. The number of aryl methyl sites for hydroxylation is 1. The zero-order valence-corrected chi connectivity index (χ0v) is 9.89. The molecule has 0 saturated carbocycles. The van der Waals surface area contributed by atoms with E-state index in [9.17, 15) is 9.90 Å². The van der Waals surface area contributed by atoms with Crippen LogP contribution in [-0.4, -0.2) is 11.4 Å². The highest BCUT2D eigenvalue weighted by Crippen LogP contribution is 2.33. The summed E-state index contributed by atoms with van der Waals surface area (Å²) < 4.78 is 0.696. The molecule has 14 heavy (non-hydrogen) atoms. The average molecular weight is 257 g/mol. The molecule has 0 aliphatic rings. The highest BCUT2D eigenvalue weighted by molar-refractivity contribution is 9.10. The Hall–Kier alpha value is -0.830. The zero-order chi connectivity index (χ0) is 10.7. The molecule has 0 unspecified atom stereocenters. The van der Waals surface area contributed by atoms with Crippen molar-refractivity contribution in [3.8, 4) is 5.75 Å². The molecule has 0 bridgehead atoms. The van der Waals surface area contributed by atoms with E-state index in [-0.39, 0.29) is 5.75 Å². The van der Waals surface area contributed by atoms with Crippen molar-refractivity contribution in [2.24, 2.45) is 0 Å². The second kappa shape index (κ2) is 4.60. The molecular formula is C11H13BrO2. The number of rotatable bonds is 3. The Bertz CT molecular complexity index is 333. The first kappa shape index (κ1) is 11.2. The second-order valence-electron chi connectivity index (χ2n) is 3.33. The molecule has 1 aromatic carbocycles. The van der Waals surface area contributed by atoms with Crippen molar-refractivity contribution in [1.82, 2.24) is 0 Å². The summed E-state index contributed by atoms with van der Waals surface area (Å²) >= 11 is 3.28. The number of phenols is 1. The number of phenolic OH excluding ortho intramolecular Hbond substituents is 1. The van der Waals surface area contributed by atoms with E-state index in [0.717, 1.165) is 23.0 Å². The van der Waals surface area contributed by atoms with Gasteiger partial charge in [0, 0.05) is 6.42 Å². The van der Waals surface area contributed by atoms with Crippen molar-refractivity contribution in [3.05, 3.63) is 27.2 Å². The van der Waals surface area contributed by atoms with Crippen LogP contribution in [0.1, 0.15) is 23.1 Å². The monoisotopic (exact) mass is 256 g/mol. The number of aldehydes is 1. The number of halogens is 1. The van der Waals surface area contributed by atoms with Crippen LogP contribution in [0.5, 0.6) is 5.75 Å². The summed E-state index contributed by atoms with van der Waals surface area (Å²) in [4.78, 5) is 10.3. The van der Waals surface area contributed by atoms with Gasteiger partial charge in [-0.05, 0) is 59.0 Å². The molecule has 0 aliphatic heterocycles. The van der Waals surface area contributed by atoms with Crippen molar-refractivity contribution in [2.75, 3.05) is 0 Å². The molecule has 0 fully saturated rings. The first-order valence-electron chi connectivity index (χ1n) is 4.49. The number of carbonyl (C=O) groups is 1. The van der Waals surface area contributed by atoms with E-state index >= 15 is 0 Å². The standard InChI is InChI=1S/C11H13BrO2/c1-7-6-10(12)11(14)9(8(7)2)4-3-5-13/h5-6,14H,3-4H2,1-2H3. The summed E-state index contributed by atoms with van der Waals surface area (Å²) in [5.41, 5.74) is 3.05. The minimum absolute atomic E-state index is 0.259. The Morgan fingerprint density at radius 2 is 2.14 bits per heavy atom. The fourth-order valence-corrected chi connectivity index (χ4v) is 2.02. The van der Waals surface area contributed by atoms with Gasteiger partial charge in [0.15, 0.2) is 0 Å². The number of hydrogen-bond acceptors (Lipinski definition) is 2. The van der Waals surface area contributed by atoms with E-state index < -0.39 is 0 Å². The van der Waals surface area contributed by atoms with Gasteiger partial charge in [0.1, 0.15) is 12.0 Å². The minimum atomic E-state index is 0.259. The summed E-state index contributed by atoms with van der Waals surface area (Å²) in [7, 11) is 0. The molecule has 0 radical (unpaired) electrons. The lowest BCUT2D eigenvalue weighted by atomic mass is 9.99. The molecule has 0 spiro atoms. The fourth-order valence-electron chi connectivity index (χ4n) is 1.44. The maximum Gasteiger partial charge on any atom is 0.133 e. The van der Waals surface area contributed by atoms with Crippen LogP contribution >= 0.6 is 15.9 Å². The molecule has 3 heteroatoms. The van der Waals surface area contributed by atoms with E-state index in [2.05, 4.69) is 15.9 Å². The van der Waals surface area contributed by atoms with Gasteiger partial charge in [-0.25, -0.2) is 0 Å². The molecule has 0 atom stereocenters. The van der Waals surface area contributed by atoms with E-state index in [1.165, 1.54) is 0 Å². The van der Waals surface area contributed by atoms with E-state index in [1.54, 1.807) is 0 Å². The van der Waals surface area contributed by atoms with Crippen molar-refractivity contribution in [1.29, 1.82) is 0 Å². The van der Waals surface area contributed by atoms with Crippen molar-refractivity contribution < 1.29 is 9.90 Å². The van der Waals surface area contributed by atoms with Gasteiger partial charge in [-0.15, -0.1) is 0 Å². The maximum absolute atomic E-state index is 10.3. The molecule has 0 saturated heterocycles. The highest BCUT2D eigenvalue weighted by Gasteiger charge is 2.10. The minimum Gasteiger partial charge on any atom is -0.506 e. The predicted octanol–water partition coefficient (Wildman–Crippen LogP) is 2.90. The molecule has 0 aliphatic carbocycles. The van der Waals surface area contributed by atoms with Gasteiger partial charge in [0.2, 0.25) is 0 Å². The number of benzene rings is 1. The van der Waals surface area contributed by atoms with Crippen LogP contribution in [0.25, 0.3) is 0 Å². The normalized spacial score (nSPS) is 10.2. The third-order valence-corrected chi connectivity index (χ3v) is 3.02. The van der Waals surface area contributed by atoms with Gasteiger partial charge in [-0.1, -0.05) is 0 Å².